The molecule has 1 aromatic rings. The Bertz CT molecular complexity index is 456. The predicted octanol–water partition coefficient (Wildman–Crippen LogP) is 2.17. The van der Waals surface area contributed by atoms with Crippen molar-refractivity contribution >= 4 is 5.69 Å². The Morgan fingerprint density at radius 1 is 1.29 bits per heavy atom. The second-order valence-corrected chi connectivity index (χ2v) is 4.85. The van der Waals surface area contributed by atoms with Crippen LogP contribution in [0.2, 0.25) is 0 Å². The molecule has 0 aliphatic carbocycles. The number of rotatable bonds is 0. The quantitative estimate of drug-likeness (QED) is 0.755. The first-order valence-electron chi connectivity index (χ1n) is 5.67. The van der Waals surface area contributed by atoms with Crippen molar-refractivity contribution in [3.8, 4) is 0 Å². The minimum atomic E-state index is -4.25. The highest BCUT2D eigenvalue weighted by molar-refractivity contribution is 5.62. The summed E-state index contributed by atoms with van der Waals surface area (Å²) in [6.07, 6.45) is -2.69. The molecule has 5 heteroatoms. The molecule has 2 unspecified atom stereocenters. The first kappa shape index (κ1) is 10.9. The van der Waals surface area contributed by atoms with Crippen molar-refractivity contribution in [2.75, 3.05) is 11.4 Å². The van der Waals surface area contributed by atoms with Gasteiger partial charge in [-0.05, 0) is 36.6 Å². The molecule has 1 saturated heterocycles. The van der Waals surface area contributed by atoms with Crippen LogP contribution in [0.15, 0.2) is 18.2 Å². The molecule has 0 saturated carbocycles. The lowest BCUT2D eigenvalue weighted by molar-refractivity contribution is -0.137. The average molecular weight is 242 g/mol. The highest BCUT2D eigenvalue weighted by Gasteiger charge is 2.38. The zero-order chi connectivity index (χ0) is 12.2. The summed E-state index contributed by atoms with van der Waals surface area (Å²) in [5, 5.41) is 0. The lowest BCUT2D eigenvalue weighted by Crippen LogP contribution is -2.27. The van der Waals surface area contributed by atoms with Gasteiger partial charge >= 0.3 is 6.18 Å². The maximum absolute atomic E-state index is 12.6. The van der Waals surface area contributed by atoms with Crippen LogP contribution in [0.4, 0.5) is 18.9 Å². The summed E-state index contributed by atoms with van der Waals surface area (Å²) in [6, 6.07) is 4.46. The number of fused-ring (bicyclic) bond motifs is 3. The number of alkyl halides is 3. The third kappa shape index (κ3) is 1.69. The summed E-state index contributed by atoms with van der Waals surface area (Å²) in [5.74, 6) is 0. The molecule has 17 heavy (non-hydrogen) atoms. The molecule has 0 amide bonds. The lowest BCUT2D eigenvalue weighted by atomic mass is 10.0. The largest absolute Gasteiger partial charge is 0.416 e. The van der Waals surface area contributed by atoms with Gasteiger partial charge in [-0.3, -0.25) is 0 Å². The van der Waals surface area contributed by atoms with E-state index in [1.54, 1.807) is 6.07 Å². The average Bonchev–Trinajstić information content (AvgIpc) is 2.71. The lowest BCUT2D eigenvalue weighted by Gasteiger charge is -2.18. The molecular weight excluding hydrogens is 229 g/mol. The molecule has 0 bridgehead atoms. The van der Waals surface area contributed by atoms with Crippen molar-refractivity contribution in [1.29, 1.82) is 0 Å². The van der Waals surface area contributed by atoms with Gasteiger partial charge in [0, 0.05) is 24.3 Å². The molecule has 0 radical (unpaired) electrons. The second-order valence-electron chi connectivity index (χ2n) is 4.85. The zero-order valence-electron chi connectivity index (χ0n) is 9.17. The van der Waals surface area contributed by atoms with Crippen LogP contribution in [-0.2, 0) is 12.6 Å². The third-order valence-electron chi connectivity index (χ3n) is 3.62. The number of benzene rings is 1. The number of nitrogens with zero attached hydrogens (tertiary/aromatic N) is 1. The van der Waals surface area contributed by atoms with Crippen molar-refractivity contribution in [3.63, 3.8) is 0 Å². The van der Waals surface area contributed by atoms with Gasteiger partial charge < -0.3 is 10.6 Å². The van der Waals surface area contributed by atoms with Gasteiger partial charge in [-0.1, -0.05) is 0 Å². The van der Waals surface area contributed by atoms with E-state index in [9.17, 15) is 13.2 Å². The fourth-order valence-corrected chi connectivity index (χ4v) is 2.90. The van der Waals surface area contributed by atoms with Crippen LogP contribution in [-0.4, -0.2) is 18.6 Å². The summed E-state index contributed by atoms with van der Waals surface area (Å²) in [4.78, 5) is 2.14. The fraction of sp³-hybridized carbons (Fsp3) is 0.500. The van der Waals surface area contributed by atoms with E-state index in [4.69, 9.17) is 5.73 Å². The van der Waals surface area contributed by atoms with E-state index in [1.165, 1.54) is 6.07 Å². The van der Waals surface area contributed by atoms with E-state index in [1.807, 2.05) is 0 Å². The van der Waals surface area contributed by atoms with Crippen molar-refractivity contribution in [1.82, 2.24) is 0 Å². The topological polar surface area (TPSA) is 29.3 Å². The highest BCUT2D eigenvalue weighted by Crippen LogP contribution is 2.40. The Morgan fingerprint density at radius 3 is 2.76 bits per heavy atom. The van der Waals surface area contributed by atoms with Gasteiger partial charge in [0.2, 0.25) is 0 Å². The summed E-state index contributed by atoms with van der Waals surface area (Å²) < 4.78 is 37.7. The van der Waals surface area contributed by atoms with Crippen molar-refractivity contribution in [2.24, 2.45) is 5.73 Å². The SMILES string of the molecule is NC1CC2Cc3cc(C(F)(F)F)ccc3N2C1. The van der Waals surface area contributed by atoms with Crippen molar-refractivity contribution in [3.05, 3.63) is 29.3 Å². The van der Waals surface area contributed by atoms with Crippen LogP contribution in [0.3, 0.4) is 0 Å². The second kappa shape index (κ2) is 3.38. The summed E-state index contributed by atoms with van der Waals surface area (Å²) in [6.45, 7) is 0.753. The Kier molecular flexibility index (Phi) is 2.17. The van der Waals surface area contributed by atoms with Crippen LogP contribution in [0.25, 0.3) is 0 Å². The van der Waals surface area contributed by atoms with E-state index in [-0.39, 0.29) is 6.04 Å². The van der Waals surface area contributed by atoms with E-state index in [0.29, 0.717) is 12.5 Å². The van der Waals surface area contributed by atoms with Gasteiger partial charge in [0.05, 0.1) is 5.56 Å². The van der Waals surface area contributed by atoms with Gasteiger partial charge in [0.1, 0.15) is 0 Å². The first-order valence-corrected chi connectivity index (χ1v) is 5.67. The molecular formula is C12H13F3N2. The first-order chi connectivity index (χ1) is 7.95. The molecule has 92 valence electrons. The van der Waals surface area contributed by atoms with Crippen LogP contribution in [0, 0.1) is 0 Å². The van der Waals surface area contributed by atoms with E-state index >= 15 is 0 Å². The summed E-state index contributed by atoms with van der Waals surface area (Å²) in [7, 11) is 0. The molecule has 2 aliphatic heterocycles. The fourth-order valence-electron chi connectivity index (χ4n) is 2.90. The van der Waals surface area contributed by atoms with Gasteiger partial charge in [-0.2, -0.15) is 13.2 Å². The minimum Gasteiger partial charge on any atom is -0.366 e. The van der Waals surface area contributed by atoms with E-state index in [2.05, 4.69) is 4.90 Å². The third-order valence-corrected chi connectivity index (χ3v) is 3.62. The number of halogens is 3. The molecule has 2 atom stereocenters. The monoisotopic (exact) mass is 242 g/mol. The maximum Gasteiger partial charge on any atom is 0.416 e. The molecule has 3 rings (SSSR count). The Balaban J connectivity index is 1.96. The molecule has 2 nitrogen and oxygen atoms in total. The van der Waals surface area contributed by atoms with Gasteiger partial charge in [0.25, 0.3) is 0 Å². The van der Waals surface area contributed by atoms with Crippen molar-refractivity contribution < 1.29 is 13.2 Å². The summed E-state index contributed by atoms with van der Waals surface area (Å²) >= 11 is 0. The molecule has 1 aromatic carbocycles. The molecule has 2 aliphatic rings. The van der Waals surface area contributed by atoms with Gasteiger partial charge in [0.15, 0.2) is 0 Å². The standard InChI is InChI=1S/C12H13F3N2/c13-12(14,15)8-1-2-11-7(3-8)4-10-5-9(16)6-17(10)11/h1-3,9-10H,4-6,16H2. The number of nitrogens with two attached hydrogens (primary N) is 1. The molecule has 2 heterocycles. The molecule has 0 aromatic heterocycles. The molecule has 2 N–H and O–H groups in total. The minimum absolute atomic E-state index is 0.149. The van der Waals surface area contributed by atoms with Gasteiger partial charge in [-0.25, -0.2) is 0 Å². The smallest absolute Gasteiger partial charge is 0.366 e. The Morgan fingerprint density at radius 2 is 2.06 bits per heavy atom. The Labute approximate surface area is 97.2 Å². The molecule has 0 spiro atoms. The van der Waals surface area contributed by atoms with Crippen LogP contribution in [0.1, 0.15) is 17.5 Å². The highest BCUT2D eigenvalue weighted by atomic mass is 19.4. The van der Waals surface area contributed by atoms with E-state index in [0.717, 1.165) is 30.3 Å². The number of anilines is 1. The van der Waals surface area contributed by atoms with Gasteiger partial charge in [-0.15, -0.1) is 0 Å². The predicted molar refractivity (Wildman–Crippen MR) is 58.9 cm³/mol. The normalized spacial score (nSPS) is 27.2. The zero-order valence-corrected chi connectivity index (χ0v) is 9.17. The number of hydrogen-bond donors (Lipinski definition) is 1. The maximum atomic E-state index is 12.6. The Hall–Kier alpha value is -1.23. The van der Waals surface area contributed by atoms with E-state index < -0.39 is 11.7 Å². The number of hydrogen-bond acceptors (Lipinski definition) is 2. The van der Waals surface area contributed by atoms with Crippen LogP contribution < -0.4 is 10.6 Å². The van der Waals surface area contributed by atoms with Crippen LogP contribution >= 0.6 is 0 Å². The molecule has 1 fully saturated rings. The summed E-state index contributed by atoms with van der Waals surface area (Å²) in [5.41, 5.74) is 7.04. The van der Waals surface area contributed by atoms with Crippen molar-refractivity contribution in [2.45, 2.75) is 31.1 Å². The van der Waals surface area contributed by atoms with Crippen LogP contribution in [0.5, 0.6) is 0 Å².